The largest absolute Gasteiger partial charge is 0.390 e. The Morgan fingerprint density at radius 2 is 2.33 bits per heavy atom. The minimum Gasteiger partial charge on any atom is -0.390 e. The van der Waals surface area contributed by atoms with Crippen molar-refractivity contribution in [2.24, 2.45) is 5.92 Å². The number of hydrogen-bond donors (Lipinski definition) is 1. The lowest BCUT2D eigenvalue weighted by molar-refractivity contribution is -0.0968. The van der Waals surface area contributed by atoms with Gasteiger partial charge in [0, 0.05) is 36.8 Å². The molecular weight excluding hydrogens is 262 g/mol. The molecule has 2 aliphatic rings. The zero-order valence-corrected chi connectivity index (χ0v) is 13.1. The predicted octanol–water partition coefficient (Wildman–Crippen LogP) is 2.50. The van der Waals surface area contributed by atoms with Crippen LogP contribution >= 0.6 is 0 Å². The Hall–Kier alpha value is -1.13. The molecule has 0 aromatic carbocycles. The van der Waals surface area contributed by atoms with E-state index in [1.165, 1.54) is 30.5 Å². The molecule has 2 heterocycles. The third-order valence-corrected chi connectivity index (χ3v) is 5.41. The molecule has 2 atom stereocenters. The average Bonchev–Trinajstić information content (AvgIpc) is 2.81. The first-order valence-corrected chi connectivity index (χ1v) is 8.19. The molecular formula is C17H27N3O. The molecule has 0 spiro atoms. The van der Waals surface area contributed by atoms with Crippen LogP contribution in [0.3, 0.4) is 0 Å². The van der Waals surface area contributed by atoms with Gasteiger partial charge in [-0.1, -0.05) is 18.9 Å². The number of likely N-dealkylation sites (tertiary alicyclic amines) is 1. The average molecular weight is 289 g/mol. The van der Waals surface area contributed by atoms with Crippen LogP contribution in [0.2, 0.25) is 0 Å². The van der Waals surface area contributed by atoms with Gasteiger partial charge in [-0.2, -0.15) is 5.10 Å². The first-order chi connectivity index (χ1) is 10.1. The Kier molecular flexibility index (Phi) is 4.18. The summed E-state index contributed by atoms with van der Waals surface area (Å²) in [6.45, 7) is 9.66. The zero-order chi connectivity index (χ0) is 14.9. The van der Waals surface area contributed by atoms with Gasteiger partial charge < -0.3 is 5.11 Å². The van der Waals surface area contributed by atoms with E-state index in [1.54, 1.807) is 0 Å². The third kappa shape index (κ3) is 2.92. The van der Waals surface area contributed by atoms with Gasteiger partial charge in [0.05, 0.1) is 18.3 Å². The van der Waals surface area contributed by atoms with Crippen LogP contribution in [0.1, 0.15) is 43.4 Å². The molecule has 0 amide bonds. The maximum Gasteiger partial charge on any atom is 0.0700 e. The summed E-state index contributed by atoms with van der Waals surface area (Å²) in [5, 5.41) is 15.2. The number of piperidine rings is 1. The Balaban J connectivity index is 1.65. The molecule has 1 N–H and O–H groups in total. The highest BCUT2D eigenvalue weighted by Crippen LogP contribution is 2.40. The van der Waals surface area contributed by atoms with Gasteiger partial charge in [-0.15, -0.1) is 6.58 Å². The van der Waals surface area contributed by atoms with E-state index in [9.17, 15) is 5.11 Å². The quantitative estimate of drug-likeness (QED) is 0.866. The van der Waals surface area contributed by atoms with Crippen LogP contribution in [0.25, 0.3) is 0 Å². The van der Waals surface area contributed by atoms with Gasteiger partial charge in [0.25, 0.3) is 0 Å². The molecule has 1 aliphatic heterocycles. The van der Waals surface area contributed by atoms with Crippen LogP contribution in [-0.2, 0) is 13.1 Å². The minimum absolute atomic E-state index is 0.378. The molecule has 4 nitrogen and oxygen atoms in total. The molecule has 1 aromatic heterocycles. The van der Waals surface area contributed by atoms with Crippen LogP contribution in [-0.4, -0.2) is 38.5 Å². The summed E-state index contributed by atoms with van der Waals surface area (Å²) in [6.07, 6.45) is 9.45. The maximum atomic E-state index is 10.7. The van der Waals surface area contributed by atoms with Crippen molar-refractivity contribution >= 4 is 0 Å². The number of hydrogen-bond acceptors (Lipinski definition) is 3. The first kappa shape index (κ1) is 14.8. The Morgan fingerprint density at radius 1 is 1.48 bits per heavy atom. The number of nitrogens with zero attached hydrogens (tertiary/aromatic N) is 3. The smallest absolute Gasteiger partial charge is 0.0700 e. The summed E-state index contributed by atoms with van der Waals surface area (Å²) in [7, 11) is 0. The van der Waals surface area contributed by atoms with Gasteiger partial charge in [-0.25, -0.2) is 0 Å². The van der Waals surface area contributed by atoms with Crippen LogP contribution in [0.15, 0.2) is 18.9 Å². The molecule has 0 radical (unpaired) electrons. The highest BCUT2D eigenvalue weighted by molar-refractivity contribution is 5.16. The maximum absolute atomic E-state index is 10.7. The van der Waals surface area contributed by atoms with Gasteiger partial charge in [-0.05, 0) is 26.2 Å². The van der Waals surface area contributed by atoms with E-state index in [4.69, 9.17) is 0 Å². The van der Waals surface area contributed by atoms with E-state index in [-0.39, 0.29) is 5.60 Å². The van der Waals surface area contributed by atoms with Crippen LogP contribution in [0.5, 0.6) is 0 Å². The van der Waals surface area contributed by atoms with Gasteiger partial charge in [0.15, 0.2) is 0 Å². The van der Waals surface area contributed by atoms with Crippen molar-refractivity contribution in [3.8, 4) is 0 Å². The Morgan fingerprint density at radius 3 is 3.14 bits per heavy atom. The fraction of sp³-hybridized carbons (Fsp3) is 0.706. The molecule has 4 heteroatoms. The van der Waals surface area contributed by atoms with Gasteiger partial charge in [-0.3, -0.25) is 9.58 Å². The normalized spacial score (nSPS) is 30.1. The molecule has 3 rings (SSSR count). The van der Waals surface area contributed by atoms with Gasteiger partial charge in [0.1, 0.15) is 0 Å². The van der Waals surface area contributed by atoms with Gasteiger partial charge in [0.2, 0.25) is 0 Å². The molecule has 2 fully saturated rings. The summed E-state index contributed by atoms with van der Waals surface area (Å²) in [5.41, 5.74) is 2.16. The van der Waals surface area contributed by atoms with E-state index in [1.807, 2.05) is 17.0 Å². The highest BCUT2D eigenvalue weighted by Gasteiger charge is 2.42. The molecule has 0 unspecified atom stereocenters. The summed E-state index contributed by atoms with van der Waals surface area (Å²) in [5.74, 6) is 0.462. The Labute approximate surface area is 127 Å². The van der Waals surface area contributed by atoms with Crippen molar-refractivity contribution in [3.63, 3.8) is 0 Å². The van der Waals surface area contributed by atoms with E-state index in [0.717, 1.165) is 39.0 Å². The number of rotatable bonds is 4. The topological polar surface area (TPSA) is 41.3 Å². The predicted molar refractivity (Wildman–Crippen MR) is 84.0 cm³/mol. The number of allylic oxidation sites excluding steroid dienone is 1. The van der Waals surface area contributed by atoms with E-state index >= 15 is 0 Å². The first-order valence-electron chi connectivity index (χ1n) is 8.19. The second-order valence-electron chi connectivity index (χ2n) is 6.76. The lowest BCUT2D eigenvalue weighted by Gasteiger charge is -2.47. The fourth-order valence-electron chi connectivity index (χ4n) is 3.97. The van der Waals surface area contributed by atoms with Crippen molar-refractivity contribution in [3.05, 3.63) is 30.1 Å². The van der Waals surface area contributed by atoms with E-state index < -0.39 is 0 Å². The summed E-state index contributed by atoms with van der Waals surface area (Å²) >= 11 is 0. The summed E-state index contributed by atoms with van der Waals surface area (Å²) < 4.78 is 2.00. The van der Waals surface area contributed by atoms with Gasteiger partial charge >= 0.3 is 0 Å². The molecule has 1 aromatic rings. The zero-order valence-electron chi connectivity index (χ0n) is 13.1. The second kappa shape index (κ2) is 5.93. The SMILES string of the molecule is C=CCn1ncc(CN2CC[C@@]3(O)CCCC[C@@H]3C2)c1C. The van der Waals surface area contributed by atoms with Crippen molar-refractivity contribution < 1.29 is 5.11 Å². The van der Waals surface area contributed by atoms with E-state index in [0.29, 0.717) is 5.92 Å². The number of aromatic nitrogens is 2. The lowest BCUT2D eigenvalue weighted by atomic mass is 9.71. The standard InChI is InChI=1S/C17H27N3O/c1-3-9-20-14(2)15(11-18-20)12-19-10-8-17(21)7-5-4-6-16(17)13-19/h3,11,16,21H,1,4-10,12-13H2,2H3/t16-,17+/m1/s1. The molecule has 1 aliphatic carbocycles. The number of aliphatic hydroxyl groups is 1. The summed E-state index contributed by atoms with van der Waals surface area (Å²) in [4.78, 5) is 2.49. The monoisotopic (exact) mass is 289 g/mol. The Bertz CT molecular complexity index is 510. The van der Waals surface area contributed by atoms with Crippen molar-refractivity contribution in [2.45, 2.75) is 57.7 Å². The second-order valence-corrected chi connectivity index (χ2v) is 6.76. The highest BCUT2D eigenvalue weighted by atomic mass is 16.3. The van der Waals surface area contributed by atoms with E-state index in [2.05, 4.69) is 23.5 Å². The van der Waals surface area contributed by atoms with Crippen LogP contribution < -0.4 is 0 Å². The third-order valence-electron chi connectivity index (χ3n) is 5.41. The van der Waals surface area contributed by atoms with Crippen molar-refractivity contribution in [1.82, 2.24) is 14.7 Å². The number of fused-ring (bicyclic) bond motifs is 1. The molecule has 21 heavy (non-hydrogen) atoms. The molecule has 116 valence electrons. The minimum atomic E-state index is -0.378. The van der Waals surface area contributed by atoms with Crippen molar-refractivity contribution in [2.75, 3.05) is 13.1 Å². The molecule has 0 bridgehead atoms. The van der Waals surface area contributed by atoms with Crippen molar-refractivity contribution in [1.29, 1.82) is 0 Å². The fourth-order valence-corrected chi connectivity index (χ4v) is 3.97. The van der Waals surface area contributed by atoms with Crippen LogP contribution in [0, 0.1) is 12.8 Å². The van der Waals surface area contributed by atoms with Crippen LogP contribution in [0.4, 0.5) is 0 Å². The lowest BCUT2D eigenvalue weighted by Crippen LogP contribution is -2.52. The molecule has 1 saturated carbocycles. The molecule has 1 saturated heterocycles. The summed E-state index contributed by atoms with van der Waals surface area (Å²) in [6, 6.07) is 0.